The summed E-state index contributed by atoms with van der Waals surface area (Å²) in [6, 6.07) is 15.8. The molecule has 0 atom stereocenters. The first-order valence-electron chi connectivity index (χ1n) is 9.17. The van der Waals surface area contributed by atoms with Crippen LogP contribution in [0.15, 0.2) is 67.0 Å². The molecule has 2 aromatic heterocycles. The normalized spacial score (nSPS) is 11.0. The molecule has 1 amide bonds. The zero-order valence-corrected chi connectivity index (χ0v) is 16.1. The number of imidazole rings is 1. The Kier molecular flexibility index (Phi) is 4.86. The number of aliphatic hydroxyl groups is 1. The Bertz CT molecular complexity index is 1200. The van der Waals surface area contributed by atoms with Crippen LogP contribution in [0, 0.1) is 5.82 Å². The molecule has 0 fully saturated rings. The van der Waals surface area contributed by atoms with Crippen LogP contribution in [0.5, 0.6) is 0 Å². The Labute approximate surface area is 167 Å². The second-order valence-corrected chi connectivity index (χ2v) is 7.01. The van der Waals surface area contributed by atoms with Crippen LogP contribution in [0.2, 0.25) is 0 Å². The Morgan fingerprint density at radius 2 is 1.76 bits per heavy atom. The molecule has 0 radical (unpaired) electrons. The monoisotopic (exact) mass is 389 g/mol. The Hall–Kier alpha value is -3.51. The first-order chi connectivity index (χ1) is 14.0. The van der Waals surface area contributed by atoms with E-state index >= 15 is 0 Å². The summed E-state index contributed by atoms with van der Waals surface area (Å²) in [5.41, 5.74) is 4.74. The van der Waals surface area contributed by atoms with Crippen molar-refractivity contribution in [3.05, 3.63) is 83.9 Å². The van der Waals surface area contributed by atoms with E-state index in [1.54, 1.807) is 38.4 Å². The van der Waals surface area contributed by atoms with Gasteiger partial charge in [0.15, 0.2) is 0 Å². The van der Waals surface area contributed by atoms with E-state index in [9.17, 15) is 14.3 Å². The Morgan fingerprint density at radius 3 is 2.45 bits per heavy atom. The average Bonchev–Trinajstić information content (AvgIpc) is 3.16. The maximum atomic E-state index is 14.0. The lowest BCUT2D eigenvalue weighted by atomic mass is 10.0. The standard InChI is InChI=1S/C23H20FN3O2/c1-26(2)23(29)16-8-6-15(7-9-16)21-13-27-12-17(10-11-22(27)25-21)18-4-3-5-20(24)19(18)14-28/h3-13,28H,14H2,1-2H3. The van der Waals surface area contributed by atoms with Gasteiger partial charge < -0.3 is 14.4 Å². The van der Waals surface area contributed by atoms with Crippen LogP contribution < -0.4 is 0 Å². The number of hydrogen-bond acceptors (Lipinski definition) is 3. The summed E-state index contributed by atoms with van der Waals surface area (Å²) < 4.78 is 15.9. The van der Waals surface area contributed by atoms with Crippen LogP contribution in [-0.2, 0) is 6.61 Å². The third-order valence-corrected chi connectivity index (χ3v) is 4.87. The zero-order chi connectivity index (χ0) is 20.5. The molecule has 6 heteroatoms. The zero-order valence-electron chi connectivity index (χ0n) is 16.1. The Balaban J connectivity index is 1.71. The molecule has 0 unspecified atom stereocenters. The quantitative estimate of drug-likeness (QED) is 0.574. The molecule has 0 spiro atoms. The van der Waals surface area contributed by atoms with Gasteiger partial charge in [0.25, 0.3) is 5.91 Å². The van der Waals surface area contributed by atoms with Crippen molar-refractivity contribution in [2.24, 2.45) is 0 Å². The summed E-state index contributed by atoms with van der Waals surface area (Å²) in [7, 11) is 3.44. The van der Waals surface area contributed by atoms with Gasteiger partial charge in [-0.05, 0) is 41.5 Å². The van der Waals surface area contributed by atoms with E-state index in [2.05, 4.69) is 4.98 Å². The number of carbonyl (C=O) groups excluding carboxylic acids is 1. The minimum atomic E-state index is -0.427. The summed E-state index contributed by atoms with van der Waals surface area (Å²) in [5.74, 6) is -0.477. The van der Waals surface area contributed by atoms with Crippen molar-refractivity contribution in [3.63, 3.8) is 0 Å². The molecule has 146 valence electrons. The van der Waals surface area contributed by atoms with E-state index in [-0.39, 0.29) is 18.1 Å². The largest absolute Gasteiger partial charge is 0.392 e. The highest BCUT2D eigenvalue weighted by molar-refractivity contribution is 5.94. The van der Waals surface area contributed by atoms with E-state index in [1.165, 1.54) is 11.0 Å². The smallest absolute Gasteiger partial charge is 0.253 e. The lowest BCUT2D eigenvalue weighted by Crippen LogP contribution is -2.21. The van der Waals surface area contributed by atoms with Gasteiger partial charge in [0.1, 0.15) is 11.5 Å². The summed E-state index contributed by atoms with van der Waals surface area (Å²) in [6.45, 7) is -0.368. The SMILES string of the molecule is CN(C)C(=O)c1ccc(-c2cn3cc(-c4cccc(F)c4CO)ccc3n2)cc1. The van der Waals surface area contributed by atoms with Crippen molar-refractivity contribution in [1.82, 2.24) is 14.3 Å². The molecule has 4 rings (SSSR count). The predicted octanol–water partition coefficient (Wildman–Crippen LogP) is 4.00. The third kappa shape index (κ3) is 3.50. The highest BCUT2D eigenvalue weighted by Gasteiger charge is 2.12. The van der Waals surface area contributed by atoms with Crippen LogP contribution in [0.1, 0.15) is 15.9 Å². The van der Waals surface area contributed by atoms with E-state index in [4.69, 9.17) is 0 Å². The molecule has 0 aliphatic carbocycles. The number of benzene rings is 2. The number of nitrogens with zero attached hydrogens (tertiary/aromatic N) is 3. The lowest BCUT2D eigenvalue weighted by Gasteiger charge is -2.10. The first kappa shape index (κ1) is 18.8. The fraction of sp³-hybridized carbons (Fsp3) is 0.130. The summed E-state index contributed by atoms with van der Waals surface area (Å²) in [6.07, 6.45) is 3.75. The van der Waals surface area contributed by atoms with Gasteiger partial charge in [0, 0.05) is 43.2 Å². The van der Waals surface area contributed by atoms with Gasteiger partial charge in [-0.3, -0.25) is 4.79 Å². The van der Waals surface area contributed by atoms with Gasteiger partial charge in [0.2, 0.25) is 0 Å². The molecular formula is C23H20FN3O2. The fourth-order valence-electron chi connectivity index (χ4n) is 3.32. The van der Waals surface area contributed by atoms with Gasteiger partial charge >= 0.3 is 0 Å². The topological polar surface area (TPSA) is 57.8 Å². The van der Waals surface area contributed by atoms with Crippen molar-refractivity contribution >= 4 is 11.6 Å². The number of hydrogen-bond donors (Lipinski definition) is 1. The number of aliphatic hydroxyl groups excluding tert-OH is 1. The van der Waals surface area contributed by atoms with Crippen molar-refractivity contribution < 1.29 is 14.3 Å². The van der Waals surface area contributed by atoms with Crippen LogP contribution in [0.25, 0.3) is 28.0 Å². The molecule has 4 aromatic rings. The first-order valence-corrected chi connectivity index (χ1v) is 9.17. The highest BCUT2D eigenvalue weighted by Crippen LogP contribution is 2.27. The van der Waals surface area contributed by atoms with Crippen molar-refractivity contribution in [1.29, 1.82) is 0 Å². The average molecular weight is 389 g/mol. The lowest BCUT2D eigenvalue weighted by molar-refractivity contribution is 0.0827. The van der Waals surface area contributed by atoms with Gasteiger partial charge in [-0.25, -0.2) is 9.37 Å². The molecule has 0 saturated heterocycles. The molecule has 0 aliphatic rings. The maximum Gasteiger partial charge on any atom is 0.253 e. The minimum absolute atomic E-state index is 0.0500. The van der Waals surface area contributed by atoms with Crippen LogP contribution in [0.3, 0.4) is 0 Å². The molecule has 5 nitrogen and oxygen atoms in total. The van der Waals surface area contributed by atoms with Crippen LogP contribution >= 0.6 is 0 Å². The van der Waals surface area contributed by atoms with E-state index in [1.807, 2.05) is 41.1 Å². The van der Waals surface area contributed by atoms with Gasteiger partial charge in [-0.1, -0.05) is 24.3 Å². The van der Waals surface area contributed by atoms with Crippen molar-refractivity contribution in [3.8, 4) is 22.4 Å². The number of pyridine rings is 1. The fourth-order valence-corrected chi connectivity index (χ4v) is 3.32. The minimum Gasteiger partial charge on any atom is -0.392 e. The molecule has 2 heterocycles. The van der Waals surface area contributed by atoms with E-state index in [0.717, 1.165) is 22.5 Å². The molecule has 0 aliphatic heterocycles. The highest BCUT2D eigenvalue weighted by atomic mass is 19.1. The molecular weight excluding hydrogens is 369 g/mol. The van der Waals surface area contributed by atoms with E-state index in [0.29, 0.717) is 11.1 Å². The number of rotatable bonds is 4. The molecule has 1 N–H and O–H groups in total. The molecule has 2 aromatic carbocycles. The predicted molar refractivity (Wildman–Crippen MR) is 110 cm³/mol. The molecule has 29 heavy (non-hydrogen) atoms. The number of fused-ring (bicyclic) bond motifs is 1. The number of amides is 1. The van der Waals surface area contributed by atoms with E-state index < -0.39 is 5.82 Å². The summed E-state index contributed by atoms with van der Waals surface area (Å²) >= 11 is 0. The second-order valence-electron chi connectivity index (χ2n) is 7.01. The van der Waals surface area contributed by atoms with Gasteiger partial charge in [0.05, 0.1) is 12.3 Å². The van der Waals surface area contributed by atoms with Gasteiger partial charge in [-0.15, -0.1) is 0 Å². The number of aromatic nitrogens is 2. The van der Waals surface area contributed by atoms with Crippen molar-refractivity contribution in [2.45, 2.75) is 6.61 Å². The maximum absolute atomic E-state index is 14.0. The van der Waals surface area contributed by atoms with Crippen molar-refractivity contribution in [2.75, 3.05) is 14.1 Å². The molecule has 0 bridgehead atoms. The van der Waals surface area contributed by atoms with Crippen LogP contribution in [0.4, 0.5) is 4.39 Å². The summed E-state index contributed by atoms with van der Waals surface area (Å²) in [5, 5.41) is 9.54. The molecule has 0 saturated carbocycles. The number of carbonyl (C=O) groups is 1. The summed E-state index contributed by atoms with van der Waals surface area (Å²) in [4.78, 5) is 18.2. The number of halogens is 1. The van der Waals surface area contributed by atoms with Crippen LogP contribution in [-0.4, -0.2) is 39.4 Å². The second kappa shape index (κ2) is 7.48. The third-order valence-electron chi connectivity index (χ3n) is 4.87. The Morgan fingerprint density at radius 1 is 1.03 bits per heavy atom. The van der Waals surface area contributed by atoms with Gasteiger partial charge in [-0.2, -0.15) is 0 Å².